The summed E-state index contributed by atoms with van der Waals surface area (Å²) in [6, 6.07) is 121. The first-order valence-electron chi connectivity index (χ1n) is 35.7. The smallest absolute Gasteiger partial charge is 0.358 e. The van der Waals surface area contributed by atoms with Gasteiger partial charge in [-0.15, -0.1) is 24.0 Å². The van der Waals surface area contributed by atoms with Crippen molar-refractivity contribution >= 4 is 95.3 Å². The number of hydrogen-bond acceptors (Lipinski definition) is 0. The second kappa shape index (κ2) is 51.1. The van der Waals surface area contributed by atoms with Crippen LogP contribution in [0.15, 0.2) is 328 Å². The molecule has 0 unspecified atom stereocenters. The van der Waals surface area contributed by atoms with Crippen molar-refractivity contribution in [1.29, 1.82) is 0 Å². The van der Waals surface area contributed by atoms with Crippen molar-refractivity contribution < 1.29 is 86.0 Å². The van der Waals surface area contributed by atoms with Crippen LogP contribution in [0.2, 0.25) is 0 Å². The molecule has 0 saturated carbocycles. The van der Waals surface area contributed by atoms with E-state index in [4.69, 9.17) is 12.8 Å². The van der Waals surface area contributed by atoms with Gasteiger partial charge in [0, 0.05) is 0 Å². The summed E-state index contributed by atoms with van der Waals surface area (Å²) in [5.74, 6) is 2.12. The maximum Gasteiger partial charge on any atom is 2.00 e. The van der Waals surface area contributed by atoms with Crippen LogP contribution in [-0.4, -0.2) is 0 Å². The van der Waals surface area contributed by atoms with Crippen molar-refractivity contribution in [3.8, 4) is 59.2 Å². The van der Waals surface area contributed by atoms with Crippen molar-refractivity contribution in [1.82, 2.24) is 0 Å². The summed E-state index contributed by atoms with van der Waals surface area (Å²) < 4.78 is 120. The Bertz CT molecular complexity index is 4980. The fourth-order valence-electron chi connectivity index (χ4n) is 10.7. The molecule has 0 N–H and O–H groups in total. The summed E-state index contributed by atoms with van der Waals surface area (Å²) >= 11 is 0. The number of aryl methyl sites for hydroxylation is 6. The van der Waals surface area contributed by atoms with E-state index in [2.05, 4.69) is 416 Å². The van der Waals surface area contributed by atoms with Crippen LogP contribution in [0.25, 0.3) is 0 Å². The molecule has 0 atom stereocenters. The molecule has 0 amide bonds. The fraction of sp³-hybridized carbons (Fsp3) is 0.0588. The van der Waals surface area contributed by atoms with E-state index < -0.39 is 89.9 Å². The third-order valence-corrected chi connectivity index (χ3v) is 26.2. The fourth-order valence-corrected chi connectivity index (χ4v) is 19.7. The minimum atomic E-state index is -2.17. The van der Waals surface area contributed by atoms with Gasteiger partial charge < -0.3 is 12.8 Å². The van der Waals surface area contributed by atoms with E-state index in [-0.39, 0.29) is 42.1 Å². The minimum absolute atomic E-state index is 0. The molecular weight excluding hydrogens is 1930 g/mol. The third-order valence-electron chi connectivity index (χ3n) is 16.4. The van der Waals surface area contributed by atoms with Crippen LogP contribution >= 0.6 is 31.7 Å². The number of halogens is 10. The molecule has 0 bridgehead atoms. The molecule has 0 radical (unpaired) electrons. The summed E-state index contributed by atoms with van der Waals surface area (Å²) in [7, 11) is -1.86. The van der Waals surface area contributed by atoms with E-state index >= 15 is 0 Å². The van der Waals surface area contributed by atoms with Gasteiger partial charge in [0.25, 0.3) is 0 Å². The first-order chi connectivity index (χ1) is 56.1. The van der Waals surface area contributed by atoms with Gasteiger partial charge in [-0.2, -0.15) is 0 Å². The Morgan fingerprint density at radius 3 is 0.449 bits per heavy atom. The summed E-state index contributed by atoms with van der Waals surface area (Å²) in [5, 5.41) is 16.9. The Morgan fingerprint density at radius 2 is 0.314 bits per heavy atom. The van der Waals surface area contributed by atoms with E-state index in [1.165, 1.54) is 97.0 Å². The number of benzene rings is 14. The molecule has 590 valence electrons. The van der Waals surface area contributed by atoms with Gasteiger partial charge >= 0.3 is 42.1 Å². The van der Waals surface area contributed by atoms with Crippen LogP contribution in [0, 0.1) is 184 Å². The average Bonchev–Trinajstić information content (AvgIpc) is 0.830. The van der Waals surface area contributed by atoms with Gasteiger partial charge in [0.1, 0.15) is 0 Å². The molecule has 0 aliphatic heterocycles. The van der Waals surface area contributed by atoms with Crippen LogP contribution in [0.4, 0.5) is 43.9 Å². The van der Waals surface area contributed by atoms with Crippen molar-refractivity contribution in [3.63, 3.8) is 0 Å². The molecule has 14 aromatic rings. The van der Waals surface area contributed by atoms with E-state index in [9.17, 15) is 43.9 Å². The van der Waals surface area contributed by atoms with Gasteiger partial charge in [-0.05, 0) is 161 Å². The van der Waals surface area contributed by atoms with Gasteiger partial charge in [0.2, 0.25) is 0 Å². The largest absolute Gasteiger partial charge is 2.00 e. The molecular formula is C102H72F10P4Pt2. The predicted molar refractivity (Wildman–Crippen MR) is 465 cm³/mol. The quantitative estimate of drug-likeness (QED) is 0.0286. The van der Waals surface area contributed by atoms with Gasteiger partial charge in [-0.1, -0.05) is 361 Å². The molecule has 14 rings (SSSR count). The van der Waals surface area contributed by atoms with E-state index in [0.29, 0.717) is 0 Å². The molecule has 118 heavy (non-hydrogen) atoms. The molecule has 0 nitrogen and oxygen atoms in total. The summed E-state index contributed by atoms with van der Waals surface area (Å²) in [5.41, 5.74) is 7.87. The molecule has 0 fully saturated rings. The van der Waals surface area contributed by atoms with E-state index in [0.717, 1.165) is 12.1 Å². The molecule has 0 aliphatic carbocycles. The Morgan fingerprint density at radius 1 is 0.186 bits per heavy atom. The van der Waals surface area contributed by atoms with Crippen molar-refractivity contribution in [3.05, 3.63) is 444 Å². The second-order valence-corrected chi connectivity index (χ2v) is 33.9. The van der Waals surface area contributed by atoms with E-state index in [1.54, 1.807) is 0 Å². The molecule has 0 heterocycles. The first kappa shape index (κ1) is 95.7. The molecule has 16 heteroatoms. The van der Waals surface area contributed by atoms with Crippen molar-refractivity contribution in [2.45, 2.75) is 41.5 Å². The van der Waals surface area contributed by atoms with Crippen molar-refractivity contribution in [2.75, 3.05) is 0 Å². The SMILES string of the molecule is Cc1ccc(P(c2ccc(C)cc2)c2ccc(C)cc2)cc1.Cc1ccc(P(c2ccc(C)cc2)c2ccc(C)cc2)cc1.Fc1[c-]c(F)c(F)c(F)c1F.Fc1[c-]c(F)c(F)c(F)c1F.[C-]#CC#CC#CC#CC#CC#[C-].[Pt+2].[Pt+2].c1ccc(P(c2ccccc2)c2ccccc2)cc1.c1ccc(P(c2ccccc2)c2ccccc2)cc1. The molecule has 0 spiro atoms. The van der Waals surface area contributed by atoms with E-state index in [1.807, 2.05) is 11.8 Å². The minimum Gasteiger partial charge on any atom is -0.358 e. The maximum absolute atomic E-state index is 12.0. The zero-order valence-corrected chi connectivity index (χ0v) is 72.5. The number of rotatable bonds is 12. The topological polar surface area (TPSA) is 0 Å². The normalized spacial score (nSPS) is 9.75. The van der Waals surface area contributed by atoms with Crippen LogP contribution in [0.5, 0.6) is 0 Å². The zero-order valence-electron chi connectivity index (χ0n) is 64.4. The van der Waals surface area contributed by atoms with Gasteiger partial charge in [-0.3, -0.25) is 29.4 Å². The second-order valence-electron chi connectivity index (χ2n) is 25.0. The Balaban J connectivity index is 0.000000217. The Hall–Kier alpha value is -11.2. The Labute approximate surface area is 720 Å². The summed E-state index contributed by atoms with van der Waals surface area (Å²) in [4.78, 5) is 0. The standard InChI is InChI=1S/2C21H21P.2C18H15P.C12.2C6F5.2Pt/c2*1-16-4-10-19(11-5-16)22(20-12-6-17(2)7-13-20)21-14-8-18(3)9-15-21;2*1-4-10-16(11-5-1)19(17-12-6-2-7-13-17)18-14-8-3-9-15-18;1-3-5-7-9-11-12-10-8-6-4-2;2*7-2-1-3(8)5(10)6(11)4(2)9;;/h2*4-15H,1-3H3;2*1-15H;;;;;/q;;;;-2;2*-1;2*+2. The molecule has 0 aromatic heterocycles. The van der Waals surface area contributed by atoms with Crippen LogP contribution in [0.1, 0.15) is 33.4 Å². The first-order valence-corrected chi connectivity index (χ1v) is 41.1. The van der Waals surface area contributed by atoms with Crippen LogP contribution in [-0.2, 0) is 42.1 Å². The predicted octanol–water partition coefficient (Wildman–Crippen LogP) is 20.2. The molecule has 0 aliphatic rings. The van der Waals surface area contributed by atoms with Crippen molar-refractivity contribution in [2.24, 2.45) is 0 Å². The van der Waals surface area contributed by atoms with Crippen LogP contribution < -0.4 is 63.7 Å². The van der Waals surface area contributed by atoms with Gasteiger partial charge in [0.15, 0.2) is 0 Å². The maximum atomic E-state index is 12.0. The van der Waals surface area contributed by atoms with Gasteiger partial charge in [0.05, 0.1) is 58.2 Å². The summed E-state index contributed by atoms with van der Waals surface area (Å²) in [6.07, 6.45) is 12.8. The van der Waals surface area contributed by atoms with Crippen LogP contribution in [0.3, 0.4) is 0 Å². The van der Waals surface area contributed by atoms with Gasteiger partial charge in [-0.25, -0.2) is 38.2 Å². The molecule has 14 aromatic carbocycles. The zero-order chi connectivity index (χ0) is 83.1. The monoisotopic (exact) mass is 2000 g/mol. The third kappa shape index (κ3) is 30.1. The summed E-state index contributed by atoms with van der Waals surface area (Å²) in [6.45, 7) is 12.9. The number of hydrogen-bond donors (Lipinski definition) is 0. The average molecular weight is 2000 g/mol. The molecule has 0 saturated heterocycles. The Kier molecular flexibility index (Phi) is 41.5.